The van der Waals surface area contributed by atoms with Gasteiger partial charge in [0.1, 0.15) is 11.6 Å². The number of hydrogen-bond acceptors (Lipinski definition) is 3. The van der Waals surface area contributed by atoms with E-state index in [9.17, 15) is 18.8 Å². The Kier molecular flexibility index (Phi) is 7.70. The first-order valence-electron chi connectivity index (χ1n) is 9.20. The number of carbonyl (C=O) groups excluding carboxylic acids is 2. The standard InChI is InChI=1S/C21H25FO4/c22-17-11-7-16(8-12-17)19(23)13-9-15-10-14-20(24)18(15)5-3-1-2-4-6-21(25)26/h7-9,11-13,15,18H,1-6,10,14H2,(H,25,26)/b13-9+. The zero-order valence-corrected chi connectivity index (χ0v) is 14.8. The van der Waals surface area contributed by atoms with Gasteiger partial charge in [-0.2, -0.15) is 0 Å². The molecule has 1 aromatic rings. The Balaban J connectivity index is 1.81. The number of Topliss-reactive ketones (excluding diaryl/α,β-unsaturated/α-hetero) is 1. The minimum absolute atomic E-state index is 0.0493. The van der Waals surface area contributed by atoms with Crippen LogP contribution >= 0.6 is 0 Å². The van der Waals surface area contributed by atoms with Crippen molar-refractivity contribution in [3.05, 3.63) is 47.8 Å². The van der Waals surface area contributed by atoms with E-state index < -0.39 is 5.97 Å². The number of benzene rings is 1. The van der Waals surface area contributed by atoms with Gasteiger partial charge in [0, 0.05) is 24.3 Å². The van der Waals surface area contributed by atoms with Crippen LogP contribution < -0.4 is 0 Å². The summed E-state index contributed by atoms with van der Waals surface area (Å²) in [6, 6.07) is 5.42. The molecule has 0 aromatic heterocycles. The van der Waals surface area contributed by atoms with Crippen molar-refractivity contribution in [3.63, 3.8) is 0 Å². The largest absolute Gasteiger partial charge is 0.481 e. The average Bonchev–Trinajstić information content (AvgIpc) is 2.96. The highest BCUT2D eigenvalue weighted by Crippen LogP contribution is 2.34. The first-order valence-corrected chi connectivity index (χ1v) is 9.20. The molecule has 0 bridgehead atoms. The lowest BCUT2D eigenvalue weighted by Gasteiger charge is -2.14. The molecule has 1 N–H and O–H groups in total. The van der Waals surface area contributed by atoms with E-state index in [1.807, 2.05) is 6.08 Å². The summed E-state index contributed by atoms with van der Waals surface area (Å²) in [6.45, 7) is 0. The van der Waals surface area contributed by atoms with E-state index in [0.29, 0.717) is 18.4 Å². The molecule has 26 heavy (non-hydrogen) atoms. The monoisotopic (exact) mass is 360 g/mol. The molecule has 140 valence electrons. The van der Waals surface area contributed by atoms with Gasteiger partial charge in [-0.05, 0) is 55.5 Å². The number of ketones is 2. The van der Waals surface area contributed by atoms with Gasteiger partial charge < -0.3 is 5.11 Å². The first-order chi connectivity index (χ1) is 12.5. The summed E-state index contributed by atoms with van der Waals surface area (Å²) >= 11 is 0. The highest BCUT2D eigenvalue weighted by Gasteiger charge is 2.32. The third-order valence-corrected chi connectivity index (χ3v) is 4.93. The lowest BCUT2D eigenvalue weighted by molar-refractivity contribution is -0.137. The molecule has 2 unspecified atom stereocenters. The van der Waals surface area contributed by atoms with Crippen LogP contribution in [0.2, 0.25) is 0 Å². The van der Waals surface area contributed by atoms with Crippen LogP contribution in [0.4, 0.5) is 4.39 Å². The van der Waals surface area contributed by atoms with E-state index in [4.69, 9.17) is 5.11 Å². The molecule has 0 saturated heterocycles. The van der Waals surface area contributed by atoms with Crippen LogP contribution in [0.15, 0.2) is 36.4 Å². The van der Waals surface area contributed by atoms with Crippen LogP contribution in [0, 0.1) is 17.7 Å². The normalized spacial score (nSPS) is 20.0. The Morgan fingerprint density at radius 3 is 2.50 bits per heavy atom. The third kappa shape index (κ3) is 6.21. The first kappa shape index (κ1) is 20.0. The van der Waals surface area contributed by atoms with Gasteiger partial charge >= 0.3 is 5.97 Å². The molecule has 1 aromatic carbocycles. The number of carboxylic acids is 1. The van der Waals surface area contributed by atoms with Crippen molar-refractivity contribution in [3.8, 4) is 0 Å². The van der Waals surface area contributed by atoms with Gasteiger partial charge in [0.05, 0.1) is 0 Å². The molecule has 0 radical (unpaired) electrons. The number of halogens is 1. The number of hydrogen-bond donors (Lipinski definition) is 1. The lowest BCUT2D eigenvalue weighted by Crippen LogP contribution is -2.13. The average molecular weight is 360 g/mol. The molecule has 2 atom stereocenters. The fourth-order valence-electron chi connectivity index (χ4n) is 3.46. The van der Waals surface area contributed by atoms with Gasteiger partial charge in [-0.1, -0.05) is 25.3 Å². The number of aliphatic carboxylic acids is 1. The summed E-state index contributed by atoms with van der Waals surface area (Å²) < 4.78 is 12.9. The SMILES string of the molecule is O=C(O)CCCCCCC1C(=O)CCC1/C=C/C(=O)c1ccc(F)cc1. The van der Waals surface area contributed by atoms with Crippen molar-refractivity contribution in [2.24, 2.45) is 11.8 Å². The van der Waals surface area contributed by atoms with Crippen molar-refractivity contribution >= 4 is 17.5 Å². The number of carboxylic acid groups (broad SMARTS) is 1. The van der Waals surface area contributed by atoms with Crippen LogP contribution in [0.3, 0.4) is 0 Å². The number of rotatable bonds is 10. The fourth-order valence-corrected chi connectivity index (χ4v) is 3.46. The van der Waals surface area contributed by atoms with Crippen LogP contribution in [0.1, 0.15) is 61.7 Å². The molecule has 1 fully saturated rings. The van der Waals surface area contributed by atoms with Crippen LogP contribution in [0.5, 0.6) is 0 Å². The van der Waals surface area contributed by atoms with Gasteiger partial charge in [-0.3, -0.25) is 14.4 Å². The summed E-state index contributed by atoms with van der Waals surface area (Å²) in [5, 5.41) is 8.61. The quantitative estimate of drug-likeness (QED) is 0.376. The maximum Gasteiger partial charge on any atom is 0.303 e. The van der Waals surface area contributed by atoms with E-state index in [2.05, 4.69) is 0 Å². The Bertz CT molecular complexity index is 663. The summed E-state index contributed by atoms with van der Waals surface area (Å²) in [5.74, 6) is -1.06. The van der Waals surface area contributed by atoms with Crippen LogP contribution in [-0.2, 0) is 9.59 Å². The topological polar surface area (TPSA) is 71.4 Å². The number of carbonyl (C=O) groups is 3. The highest BCUT2D eigenvalue weighted by atomic mass is 19.1. The van der Waals surface area contributed by atoms with Crippen LogP contribution in [0.25, 0.3) is 0 Å². The second kappa shape index (κ2) is 10.00. The Morgan fingerprint density at radius 2 is 1.81 bits per heavy atom. The Labute approximate surface area is 153 Å². The summed E-state index contributed by atoms with van der Waals surface area (Å²) in [5.41, 5.74) is 0.432. The van der Waals surface area contributed by atoms with Crippen molar-refractivity contribution in [2.45, 2.75) is 51.4 Å². The summed E-state index contributed by atoms with van der Waals surface area (Å²) in [6.07, 6.45) is 8.94. The third-order valence-electron chi connectivity index (χ3n) is 4.93. The van der Waals surface area contributed by atoms with Gasteiger partial charge in [0.2, 0.25) is 0 Å². The second-order valence-corrected chi connectivity index (χ2v) is 6.85. The molecule has 0 aliphatic heterocycles. The highest BCUT2D eigenvalue weighted by molar-refractivity contribution is 6.04. The molecule has 4 nitrogen and oxygen atoms in total. The second-order valence-electron chi connectivity index (χ2n) is 6.85. The fraction of sp³-hybridized carbons (Fsp3) is 0.476. The minimum atomic E-state index is -0.771. The van der Waals surface area contributed by atoms with Crippen LogP contribution in [-0.4, -0.2) is 22.6 Å². The Morgan fingerprint density at radius 1 is 1.12 bits per heavy atom. The molecule has 0 heterocycles. The molecule has 2 rings (SSSR count). The number of allylic oxidation sites excluding steroid dienone is 2. The van der Waals surface area contributed by atoms with Gasteiger partial charge in [0.15, 0.2) is 5.78 Å². The van der Waals surface area contributed by atoms with Crippen molar-refractivity contribution in [1.29, 1.82) is 0 Å². The minimum Gasteiger partial charge on any atom is -0.481 e. The van der Waals surface area contributed by atoms with Gasteiger partial charge in [-0.25, -0.2) is 4.39 Å². The molecular formula is C21H25FO4. The predicted octanol–water partition coefficient (Wildman–Crippen LogP) is 4.59. The van der Waals surface area contributed by atoms with E-state index >= 15 is 0 Å². The summed E-state index contributed by atoms with van der Waals surface area (Å²) in [4.78, 5) is 34.7. The smallest absolute Gasteiger partial charge is 0.303 e. The zero-order valence-electron chi connectivity index (χ0n) is 14.8. The van der Waals surface area contributed by atoms with Gasteiger partial charge in [-0.15, -0.1) is 0 Å². The van der Waals surface area contributed by atoms with E-state index in [0.717, 1.165) is 32.1 Å². The van der Waals surface area contributed by atoms with E-state index in [1.54, 1.807) is 0 Å². The van der Waals surface area contributed by atoms with E-state index in [1.165, 1.54) is 30.3 Å². The van der Waals surface area contributed by atoms with Crippen molar-refractivity contribution < 1.29 is 23.9 Å². The maximum atomic E-state index is 12.9. The Hall–Kier alpha value is -2.30. The number of unbranched alkanes of at least 4 members (excludes halogenated alkanes) is 3. The zero-order chi connectivity index (χ0) is 18.9. The van der Waals surface area contributed by atoms with Gasteiger partial charge in [0.25, 0.3) is 0 Å². The molecule has 0 spiro atoms. The maximum absolute atomic E-state index is 12.9. The van der Waals surface area contributed by atoms with E-state index in [-0.39, 0.29) is 35.6 Å². The molecule has 5 heteroatoms. The molecule has 1 saturated carbocycles. The van der Waals surface area contributed by atoms with Crippen molar-refractivity contribution in [2.75, 3.05) is 0 Å². The summed E-state index contributed by atoms with van der Waals surface area (Å²) in [7, 11) is 0. The van der Waals surface area contributed by atoms with Crippen molar-refractivity contribution in [1.82, 2.24) is 0 Å². The molecule has 1 aliphatic rings. The molecule has 0 amide bonds. The molecular weight excluding hydrogens is 335 g/mol. The predicted molar refractivity (Wildman–Crippen MR) is 96.4 cm³/mol. The molecule has 1 aliphatic carbocycles. The lowest BCUT2D eigenvalue weighted by atomic mass is 9.89.